The molecular formula is C15H21BrFNO. The number of hydrogen-bond acceptors (Lipinski definition) is 2. The molecule has 2 nitrogen and oxygen atoms in total. The molecule has 0 bridgehead atoms. The average molecular weight is 330 g/mol. The summed E-state index contributed by atoms with van der Waals surface area (Å²) in [6.07, 6.45) is 4.88. The van der Waals surface area contributed by atoms with E-state index in [9.17, 15) is 9.50 Å². The minimum absolute atomic E-state index is 0.0700. The fourth-order valence-corrected chi connectivity index (χ4v) is 3.08. The van der Waals surface area contributed by atoms with Crippen LogP contribution < -0.4 is 5.32 Å². The standard InChI is InChI=1S/C15H21BrFNO/c1-10(12-8-7-11(16)9-13(12)17)18-14-5-3-2-4-6-15(14)19/h7-10,14-15,18-19H,2-6H2,1H3. The summed E-state index contributed by atoms with van der Waals surface area (Å²) in [5.74, 6) is -0.211. The number of nitrogens with one attached hydrogen (secondary N) is 1. The molecule has 1 aliphatic carbocycles. The number of benzene rings is 1. The predicted molar refractivity (Wildman–Crippen MR) is 78.5 cm³/mol. The second-order valence-electron chi connectivity index (χ2n) is 5.37. The third-order valence-corrected chi connectivity index (χ3v) is 4.37. The van der Waals surface area contributed by atoms with E-state index in [1.54, 1.807) is 6.07 Å². The van der Waals surface area contributed by atoms with Crippen LogP contribution in [0, 0.1) is 5.82 Å². The lowest BCUT2D eigenvalue weighted by atomic mass is 10.0. The average Bonchev–Trinajstić information content (AvgIpc) is 2.55. The lowest BCUT2D eigenvalue weighted by Crippen LogP contribution is -2.40. The minimum atomic E-state index is -0.316. The van der Waals surface area contributed by atoms with E-state index in [4.69, 9.17) is 0 Å². The van der Waals surface area contributed by atoms with Gasteiger partial charge in [0.2, 0.25) is 0 Å². The topological polar surface area (TPSA) is 32.3 Å². The molecule has 106 valence electrons. The molecule has 2 N–H and O–H groups in total. The van der Waals surface area contributed by atoms with Crippen molar-refractivity contribution in [2.45, 2.75) is 57.2 Å². The van der Waals surface area contributed by atoms with Gasteiger partial charge in [0.1, 0.15) is 5.82 Å². The maximum Gasteiger partial charge on any atom is 0.129 e. The zero-order chi connectivity index (χ0) is 13.8. The first-order valence-electron chi connectivity index (χ1n) is 6.97. The van der Waals surface area contributed by atoms with Gasteiger partial charge in [-0.15, -0.1) is 0 Å². The second-order valence-corrected chi connectivity index (χ2v) is 6.28. The Hall–Kier alpha value is -0.450. The van der Waals surface area contributed by atoms with Crippen molar-refractivity contribution in [3.63, 3.8) is 0 Å². The molecule has 0 aromatic heterocycles. The molecule has 0 radical (unpaired) electrons. The van der Waals surface area contributed by atoms with Crippen LogP contribution in [0.3, 0.4) is 0 Å². The monoisotopic (exact) mass is 329 g/mol. The van der Waals surface area contributed by atoms with Gasteiger partial charge in [0, 0.05) is 22.1 Å². The van der Waals surface area contributed by atoms with E-state index in [0.29, 0.717) is 5.56 Å². The van der Waals surface area contributed by atoms with Crippen LogP contribution in [0.25, 0.3) is 0 Å². The normalized spacial score (nSPS) is 25.9. The quantitative estimate of drug-likeness (QED) is 0.823. The minimum Gasteiger partial charge on any atom is -0.392 e. The van der Waals surface area contributed by atoms with Crippen LogP contribution in [0.1, 0.15) is 50.6 Å². The summed E-state index contributed by atoms with van der Waals surface area (Å²) >= 11 is 3.26. The highest BCUT2D eigenvalue weighted by molar-refractivity contribution is 9.10. The SMILES string of the molecule is CC(NC1CCCCCC1O)c1ccc(Br)cc1F. The Morgan fingerprint density at radius 2 is 2.05 bits per heavy atom. The number of hydrogen-bond donors (Lipinski definition) is 2. The Bertz CT molecular complexity index is 427. The molecule has 0 saturated heterocycles. The molecule has 0 heterocycles. The molecule has 1 fully saturated rings. The second kappa shape index (κ2) is 6.82. The van der Waals surface area contributed by atoms with Crippen molar-refractivity contribution in [2.24, 2.45) is 0 Å². The van der Waals surface area contributed by atoms with Gasteiger partial charge in [-0.3, -0.25) is 0 Å². The van der Waals surface area contributed by atoms with Crippen LogP contribution in [0.4, 0.5) is 4.39 Å². The van der Waals surface area contributed by atoms with E-state index in [-0.39, 0.29) is 24.0 Å². The lowest BCUT2D eigenvalue weighted by molar-refractivity contribution is 0.114. The molecule has 2 rings (SSSR count). The molecule has 1 aromatic rings. The summed E-state index contributed by atoms with van der Waals surface area (Å²) in [6.45, 7) is 1.95. The van der Waals surface area contributed by atoms with Gasteiger partial charge in [-0.1, -0.05) is 41.3 Å². The number of aliphatic hydroxyl groups is 1. The van der Waals surface area contributed by atoms with Gasteiger partial charge in [0.15, 0.2) is 0 Å². The van der Waals surface area contributed by atoms with Gasteiger partial charge in [0.25, 0.3) is 0 Å². The van der Waals surface area contributed by atoms with Gasteiger partial charge in [-0.2, -0.15) is 0 Å². The fourth-order valence-electron chi connectivity index (χ4n) is 2.75. The Labute approximate surface area is 122 Å². The highest BCUT2D eigenvalue weighted by atomic mass is 79.9. The van der Waals surface area contributed by atoms with E-state index < -0.39 is 0 Å². The molecule has 0 aliphatic heterocycles. The zero-order valence-corrected chi connectivity index (χ0v) is 12.8. The largest absolute Gasteiger partial charge is 0.392 e. The van der Waals surface area contributed by atoms with Crippen molar-refractivity contribution in [1.82, 2.24) is 5.32 Å². The van der Waals surface area contributed by atoms with Crippen LogP contribution >= 0.6 is 15.9 Å². The summed E-state index contributed by atoms with van der Waals surface area (Å²) < 4.78 is 14.6. The molecule has 1 aliphatic rings. The molecular weight excluding hydrogens is 309 g/mol. The first-order valence-corrected chi connectivity index (χ1v) is 7.76. The summed E-state index contributed by atoms with van der Waals surface area (Å²) in [5.41, 5.74) is 0.652. The molecule has 3 atom stereocenters. The van der Waals surface area contributed by atoms with Crippen molar-refractivity contribution in [2.75, 3.05) is 0 Å². The highest BCUT2D eigenvalue weighted by Crippen LogP contribution is 2.24. The van der Waals surface area contributed by atoms with E-state index in [1.165, 1.54) is 12.5 Å². The fraction of sp³-hybridized carbons (Fsp3) is 0.600. The van der Waals surface area contributed by atoms with Crippen LogP contribution in [0.5, 0.6) is 0 Å². The number of rotatable bonds is 3. The zero-order valence-electron chi connectivity index (χ0n) is 11.2. The van der Waals surface area contributed by atoms with Crippen molar-refractivity contribution < 1.29 is 9.50 Å². The van der Waals surface area contributed by atoms with Crippen LogP contribution in [-0.4, -0.2) is 17.3 Å². The predicted octanol–water partition coefficient (Wildman–Crippen LogP) is 3.93. The smallest absolute Gasteiger partial charge is 0.129 e. The van der Waals surface area contributed by atoms with E-state index in [1.807, 2.05) is 13.0 Å². The van der Waals surface area contributed by atoms with Gasteiger partial charge in [-0.25, -0.2) is 4.39 Å². The number of halogens is 2. The summed E-state index contributed by atoms with van der Waals surface area (Å²) in [5, 5.41) is 13.5. The summed E-state index contributed by atoms with van der Waals surface area (Å²) in [7, 11) is 0. The van der Waals surface area contributed by atoms with E-state index in [0.717, 1.165) is 30.2 Å². The van der Waals surface area contributed by atoms with Gasteiger partial charge < -0.3 is 10.4 Å². The van der Waals surface area contributed by atoms with E-state index in [2.05, 4.69) is 21.2 Å². The Kier molecular flexibility index (Phi) is 5.37. The molecule has 1 saturated carbocycles. The van der Waals surface area contributed by atoms with Crippen molar-refractivity contribution in [3.05, 3.63) is 34.1 Å². The first kappa shape index (κ1) is 14.9. The molecule has 1 aromatic carbocycles. The molecule has 19 heavy (non-hydrogen) atoms. The number of aliphatic hydroxyl groups excluding tert-OH is 1. The van der Waals surface area contributed by atoms with Gasteiger partial charge in [0.05, 0.1) is 6.10 Å². The van der Waals surface area contributed by atoms with Crippen molar-refractivity contribution in [1.29, 1.82) is 0 Å². The molecule has 0 spiro atoms. The van der Waals surface area contributed by atoms with Crippen molar-refractivity contribution >= 4 is 15.9 Å². The van der Waals surface area contributed by atoms with E-state index >= 15 is 0 Å². The lowest BCUT2D eigenvalue weighted by Gasteiger charge is -2.26. The maximum absolute atomic E-state index is 13.9. The Morgan fingerprint density at radius 1 is 1.32 bits per heavy atom. The first-order chi connectivity index (χ1) is 9.08. The summed E-state index contributed by atoms with van der Waals surface area (Å²) in [4.78, 5) is 0. The van der Waals surface area contributed by atoms with Crippen LogP contribution in [0.15, 0.2) is 22.7 Å². The third kappa shape index (κ3) is 4.01. The van der Waals surface area contributed by atoms with Crippen LogP contribution in [-0.2, 0) is 0 Å². The van der Waals surface area contributed by atoms with Gasteiger partial charge in [-0.05, 0) is 31.9 Å². The molecule has 0 amide bonds. The maximum atomic E-state index is 13.9. The highest BCUT2D eigenvalue weighted by Gasteiger charge is 2.24. The Morgan fingerprint density at radius 3 is 2.79 bits per heavy atom. The third-order valence-electron chi connectivity index (χ3n) is 3.87. The van der Waals surface area contributed by atoms with Crippen molar-refractivity contribution in [3.8, 4) is 0 Å². The molecule has 4 heteroatoms. The van der Waals surface area contributed by atoms with Gasteiger partial charge >= 0.3 is 0 Å². The molecule has 3 unspecified atom stereocenters. The Balaban J connectivity index is 2.04. The van der Waals surface area contributed by atoms with Crippen LogP contribution in [0.2, 0.25) is 0 Å². The summed E-state index contributed by atoms with van der Waals surface area (Å²) in [6, 6.07) is 5.10.